The van der Waals surface area contributed by atoms with Crippen LogP contribution in [0.3, 0.4) is 0 Å². The Kier molecular flexibility index (Phi) is 19.3. The van der Waals surface area contributed by atoms with E-state index in [1.165, 1.54) is 43.7 Å². The van der Waals surface area contributed by atoms with Crippen LogP contribution in [0.5, 0.6) is 5.75 Å². The van der Waals surface area contributed by atoms with E-state index in [0.29, 0.717) is 11.3 Å². The zero-order valence-electron chi connectivity index (χ0n) is 32.7. The van der Waals surface area contributed by atoms with Crippen molar-refractivity contribution in [2.75, 3.05) is 6.61 Å². The molecule has 0 aliphatic rings. The molecule has 0 aliphatic carbocycles. The Balaban J connectivity index is 2.49. The van der Waals surface area contributed by atoms with Crippen LogP contribution in [0, 0.1) is 5.92 Å². The Morgan fingerprint density at radius 2 is 1.19 bits per heavy atom. The first-order valence-electron chi connectivity index (χ1n) is 18.4. The van der Waals surface area contributed by atoms with E-state index < -0.39 is 121 Å². The van der Waals surface area contributed by atoms with E-state index in [-0.39, 0.29) is 25.0 Å². The minimum atomic E-state index is -1.86. The molecule has 2 rings (SSSR count). The maximum atomic E-state index is 14.1. The number of hydrogen-bond acceptors (Lipinski definition) is 14. The van der Waals surface area contributed by atoms with Crippen LogP contribution < -0.4 is 37.6 Å². The highest BCUT2D eigenvalue weighted by Gasteiger charge is 2.37. The number of aliphatic hydroxyl groups excluding tert-OH is 3. The van der Waals surface area contributed by atoms with Gasteiger partial charge in [0.25, 0.3) is 0 Å². The third-order valence-corrected chi connectivity index (χ3v) is 9.07. The number of aromatic amines is 1. The van der Waals surface area contributed by atoms with Gasteiger partial charge in [0.2, 0.25) is 35.4 Å². The Morgan fingerprint density at radius 1 is 0.695 bits per heavy atom. The molecule has 1 heterocycles. The predicted octanol–water partition coefficient (Wildman–Crippen LogP) is -4.50. The highest BCUT2D eigenvalue weighted by molar-refractivity contribution is 5.98. The summed E-state index contributed by atoms with van der Waals surface area (Å²) in [6.45, 7) is 4.70. The number of carboxylic acid groups (broad SMARTS) is 2. The number of phenols is 1. The van der Waals surface area contributed by atoms with E-state index in [4.69, 9.17) is 5.73 Å². The number of carbonyl (C=O) groups is 8. The number of carboxylic acids is 2. The third kappa shape index (κ3) is 15.6. The van der Waals surface area contributed by atoms with Crippen LogP contribution in [0.4, 0.5) is 0 Å². The monoisotopic (exact) mass is 835 g/mol. The number of phenolic OH excluding ortho intramolecular Hbond substituents is 1. The fraction of sp³-hybridized carbons (Fsp3) is 0.528. The summed E-state index contributed by atoms with van der Waals surface area (Å²) >= 11 is 0. The zero-order chi connectivity index (χ0) is 44.6. The third-order valence-electron chi connectivity index (χ3n) is 9.07. The van der Waals surface area contributed by atoms with Crippen LogP contribution in [0.15, 0.2) is 36.8 Å². The normalized spacial score (nSPS) is 16.2. The van der Waals surface area contributed by atoms with E-state index >= 15 is 0 Å². The summed E-state index contributed by atoms with van der Waals surface area (Å²) in [7, 11) is 0. The van der Waals surface area contributed by atoms with E-state index in [9.17, 15) is 69.0 Å². The number of carbonyl (C=O) groups excluding carboxylic acids is 6. The standard InChI is InChI=1S/C36H53N9O14/c1-5-16(2)27(34(56)42-25(12-26(50)51)33(55)45-29(18(4)48)36(58)59)43-32(54)23(10-19-6-8-21(49)9-7-19)40-31(53)24(11-20-13-38-15-39-20)41-35(57)28(17(3)47)44-30(52)22(37)14-46/h6-9,13,15-18,22-25,27-29,46-49H,5,10-12,14,37H2,1-4H3,(H,38,39)(H,40,53)(H,41,57)(H,42,56)(H,43,54)(H,44,52)(H,45,55)(H,50,51)(H,58,59)/t16-,17+,18+,22-,23-,24-,25-,27-,28-,29-/m0/s1. The number of nitrogens with one attached hydrogen (secondary N) is 7. The molecule has 0 fully saturated rings. The first-order valence-corrected chi connectivity index (χ1v) is 18.4. The van der Waals surface area contributed by atoms with Crippen molar-refractivity contribution < 1.29 is 69.0 Å². The van der Waals surface area contributed by atoms with Crippen LogP contribution in [0.2, 0.25) is 0 Å². The van der Waals surface area contributed by atoms with Gasteiger partial charge < -0.3 is 73.3 Å². The van der Waals surface area contributed by atoms with Gasteiger partial charge in [-0.05, 0) is 37.5 Å². The predicted molar refractivity (Wildman–Crippen MR) is 203 cm³/mol. The molecule has 1 aromatic heterocycles. The Morgan fingerprint density at radius 3 is 1.69 bits per heavy atom. The van der Waals surface area contributed by atoms with Crippen molar-refractivity contribution >= 4 is 47.4 Å². The van der Waals surface area contributed by atoms with E-state index in [0.717, 1.165) is 6.92 Å². The molecule has 1 aromatic carbocycles. The minimum absolute atomic E-state index is 0.114. The van der Waals surface area contributed by atoms with Crippen LogP contribution >= 0.6 is 0 Å². The number of imidazole rings is 1. The molecule has 0 saturated carbocycles. The molecule has 59 heavy (non-hydrogen) atoms. The lowest BCUT2D eigenvalue weighted by Crippen LogP contribution is -2.62. The SMILES string of the molecule is CC[C@H](C)[C@H](NC(=O)[C@H](Cc1ccc(O)cc1)NC(=O)[C@H](Cc1cnc[nH]1)NC(=O)[C@@H](NC(=O)[C@@H](N)CO)[C@@H](C)O)C(=O)N[C@@H](CC(=O)O)C(=O)N[C@H](C(=O)O)[C@@H](C)O. The lowest BCUT2D eigenvalue weighted by Gasteiger charge is -2.29. The number of nitrogens with zero attached hydrogens (tertiary/aromatic N) is 1. The number of aliphatic hydroxyl groups is 3. The highest BCUT2D eigenvalue weighted by atomic mass is 16.4. The molecule has 23 nitrogen and oxygen atoms in total. The second kappa shape index (κ2) is 23.3. The summed E-state index contributed by atoms with van der Waals surface area (Å²) in [5.41, 5.74) is 6.28. The summed E-state index contributed by atoms with van der Waals surface area (Å²) in [5.74, 6) is -10.3. The van der Waals surface area contributed by atoms with Crippen molar-refractivity contribution in [1.82, 2.24) is 41.9 Å². The molecule has 0 radical (unpaired) electrons. The van der Waals surface area contributed by atoms with Crippen molar-refractivity contribution in [3.05, 3.63) is 48.0 Å². The fourth-order valence-corrected chi connectivity index (χ4v) is 5.43. The number of H-pyrrole nitrogens is 1. The van der Waals surface area contributed by atoms with Crippen molar-refractivity contribution in [3.63, 3.8) is 0 Å². The van der Waals surface area contributed by atoms with Crippen molar-refractivity contribution in [3.8, 4) is 5.75 Å². The van der Waals surface area contributed by atoms with Gasteiger partial charge in [0.15, 0.2) is 6.04 Å². The molecule has 10 atom stereocenters. The largest absolute Gasteiger partial charge is 0.508 e. The van der Waals surface area contributed by atoms with Gasteiger partial charge in [-0.25, -0.2) is 9.78 Å². The number of rotatable bonds is 24. The molecular formula is C36H53N9O14. The van der Waals surface area contributed by atoms with Gasteiger partial charge in [-0.2, -0.15) is 0 Å². The molecule has 0 aliphatic heterocycles. The number of benzene rings is 1. The first-order chi connectivity index (χ1) is 27.7. The lowest BCUT2D eigenvalue weighted by atomic mass is 9.96. The zero-order valence-corrected chi connectivity index (χ0v) is 32.7. The molecular weight excluding hydrogens is 782 g/mol. The summed E-state index contributed by atoms with van der Waals surface area (Å²) in [4.78, 5) is 111. The van der Waals surface area contributed by atoms with E-state index in [1.807, 2.05) is 5.32 Å². The number of amides is 6. The van der Waals surface area contributed by atoms with Gasteiger partial charge in [0.05, 0.1) is 31.6 Å². The van der Waals surface area contributed by atoms with Crippen LogP contribution in [-0.4, -0.2) is 149 Å². The van der Waals surface area contributed by atoms with Crippen molar-refractivity contribution in [1.29, 1.82) is 0 Å². The fourth-order valence-electron chi connectivity index (χ4n) is 5.43. The van der Waals surface area contributed by atoms with Crippen molar-refractivity contribution in [2.24, 2.45) is 11.7 Å². The van der Waals surface area contributed by atoms with Gasteiger partial charge >= 0.3 is 11.9 Å². The molecule has 6 amide bonds. The van der Waals surface area contributed by atoms with Gasteiger partial charge in [-0.15, -0.1) is 0 Å². The molecule has 0 unspecified atom stereocenters. The second-order valence-electron chi connectivity index (χ2n) is 13.9. The number of nitrogens with two attached hydrogens (primary N) is 1. The smallest absolute Gasteiger partial charge is 0.328 e. The van der Waals surface area contributed by atoms with Crippen LogP contribution in [0.1, 0.15) is 51.8 Å². The Bertz CT molecular complexity index is 1760. The van der Waals surface area contributed by atoms with Crippen LogP contribution in [0.25, 0.3) is 0 Å². The van der Waals surface area contributed by atoms with E-state index in [2.05, 4.69) is 36.6 Å². The Labute approximate surface area is 337 Å². The number of aromatic hydroxyl groups is 1. The number of hydrogen-bond donors (Lipinski definition) is 14. The summed E-state index contributed by atoms with van der Waals surface area (Å²) in [6, 6.07) is -5.80. The van der Waals surface area contributed by atoms with Crippen molar-refractivity contribution in [2.45, 2.75) is 108 Å². The molecule has 326 valence electrons. The van der Waals surface area contributed by atoms with Gasteiger partial charge in [-0.1, -0.05) is 32.4 Å². The summed E-state index contributed by atoms with van der Waals surface area (Å²) in [6.07, 6.45) is -1.76. The van der Waals surface area contributed by atoms with Gasteiger partial charge in [0, 0.05) is 24.7 Å². The lowest BCUT2D eigenvalue weighted by molar-refractivity contribution is -0.146. The molecule has 0 saturated heterocycles. The quantitative estimate of drug-likeness (QED) is 0.0474. The first kappa shape index (κ1) is 49.0. The highest BCUT2D eigenvalue weighted by Crippen LogP contribution is 2.14. The Hall–Kier alpha value is -6.17. The van der Waals surface area contributed by atoms with Gasteiger partial charge in [-0.3, -0.25) is 33.6 Å². The van der Waals surface area contributed by atoms with E-state index in [1.54, 1.807) is 13.8 Å². The van der Waals surface area contributed by atoms with Gasteiger partial charge in [0.1, 0.15) is 42.0 Å². The number of aliphatic carboxylic acids is 2. The minimum Gasteiger partial charge on any atom is -0.508 e. The molecule has 23 heteroatoms. The van der Waals surface area contributed by atoms with Crippen LogP contribution in [-0.2, 0) is 51.2 Å². The average molecular weight is 836 g/mol. The second-order valence-corrected chi connectivity index (χ2v) is 13.9. The summed E-state index contributed by atoms with van der Waals surface area (Å²) in [5, 5.41) is 72.0. The maximum absolute atomic E-state index is 14.1. The maximum Gasteiger partial charge on any atom is 0.328 e. The molecule has 0 bridgehead atoms. The number of aromatic nitrogens is 2. The average Bonchev–Trinajstić information content (AvgIpc) is 3.69. The molecule has 15 N–H and O–H groups in total. The molecule has 0 spiro atoms. The topological polar surface area (TPSA) is 385 Å². The molecule has 2 aromatic rings. The summed E-state index contributed by atoms with van der Waals surface area (Å²) < 4.78 is 0.